The first-order valence-electron chi connectivity index (χ1n) is 6.37. The van der Waals surface area contributed by atoms with Crippen LogP contribution < -0.4 is 0 Å². The highest BCUT2D eigenvalue weighted by atomic mass is 35.5. The van der Waals surface area contributed by atoms with Crippen molar-refractivity contribution in [3.05, 3.63) is 27.7 Å². The number of carboxylic acid groups (broad SMARTS) is 1. The molecular weight excluding hydrogens is 337 g/mol. The molecule has 0 radical (unpaired) electrons. The van der Waals surface area contributed by atoms with E-state index in [4.69, 9.17) is 28.3 Å². The predicted molar refractivity (Wildman–Crippen MR) is 82.7 cm³/mol. The lowest BCUT2D eigenvalue weighted by molar-refractivity contribution is 0.0697. The molecule has 0 aliphatic heterocycles. The summed E-state index contributed by atoms with van der Waals surface area (Å²) in [5, 5.41) is 8.87. The molecule has 0 saturated heterocycles. The van der Waals surface area contributed by atoms with Gasteiger partial charge in [0.2, 0.25) is 10.0 Å². The van der Waals surface area contributed by atoms with Gasteiger partial charge in [0.05, 0.1) is 15.6 Å². The summed E-state index contributed by atoms with van der Waals surface area (Å²) in [6.07, 6.45) is 0.633. The third kappa shape index (κ3) is 3.88. The van der Waals surface area contributed by atoms with Gasteiger partial charge in [0.1, 0.15) is 4.90 Å². The minimum Gasteiger partial charge on any atom is -0.478 e. The monoisotopic (exact) mass is 353 g/mol. The quantitative estimate of drug-likeness (QED) is 0.848. The molecule has 21 heavy (non-hydrogen) atoms. The number of benzene rings is 1. The molecule has 1 N–H and O–H groups in total. The highest BCUT2D eigenvalue weighted by Crippen LogP contribution is 2.31. The van der Waals surface area contributed by atoms with E-state index in [1.165, 1.54) is 4.31 Å². The number of sulfonamides is 1. The summed E-state index contributed by atoms with van der Waals surface area (Å²) in [7, 11) is -3.89. The van der Waals surface area contributed by atoms with Crippen molar-refractivity contribution in [1.82, 2.24) is 4.31 Å². The van der Waals surface area contributed by atoms with Crippen LogP contribution in [-0.2, 0) is 10.0 Å². The Balaban J connectivity index is 3.50. The molecule has 0 unspecified atom stereocenters. The molecule has 1 aromatic rings. The summed E-state index contributed by atoms with van der Waals surface area (Å²) >= 11 is 11.7. The van der Waals surface area contributed by atoms with Gasteiger partial charge in [-0.15, -0.1) is 0 Å². The molecule has 1 rings (SSSR count). The van der Waals surface area contributed by atoms with E-state index >= 15 is 0 Å². The zero-order valence-electron chi connectivity index (χ0n) is 11.9. The van der Waals surface area contributed by atoms with Crippen molar-refractivity contribution in [3.63, 3.8) is 0 Å². The molecule has 1 aromatic carbocycles. The smallest absolute Gasteiger partial charge is 0.337 e. The van der Waals surface area contributed by atoms with E-state index < -0.39 is 16.0 Å². The molecule has 8 heteroatoms. The second-order valence-corrected chi connectivity index (χ2v) is 7.45. The Morgan fingerprint density at radius 3 is 2.29 bits per heavy atom. The van der Waals surface area contributed by atoms with Crippen LogP contribution in [0, 0.1) is 0 Å². The van der Waals surface area contributed by atoms with Crippen molar-refractivity contribution in [2.45, 2.75) is 38.1 Å². The Kier molecular flexibility index (Phi) is 6.04. The fourth-order valence-corrected chi connectivity index (χ4v) is 4.45. The highest BCUT2D eigenvalue weighted by Gasteiger charge is 2.30. The summed E-state index contributed by atoms with van der Waals surface area (Å²) in [6, 6.07) is 1.88. The lowest BCUT2D eigenvalue weighted by Gasteiger charge is -2.26. The van der Waals surface area contributed by atoms with Gasteiger partial charge in [-0.25, -0.2) is 13.2 Å². The molecule has 0 heterocycles. The van der Waals surface area contributed by atoms with Gasteiger partial charge in [-0.05, 0) is 32.4 Å². The maximum absolute atomic E-state index is 12.7. The van der Waals surface area contributed by atoms with Crippen molar-refractivity contribution < 1.29 is 18.3 Å². The molecule has 0 aliphatic carbocycles. The van der Waals surface area contributed by atoms with Crippen molar-refractivity contribution in [2.24, 2.45) is 0 Å². The first kappa shape index (κ1) is 18.2. The Bertz CT molecular complexity index is 644. The van der Waals surface area contributed by atoms with Crippen LogP contribution in [0.3, 0.4) is 0 Å². The first-order chi connectivity index (χ1) is 9.62. The van der Waals surface area contributed by atoms with E-state index in [-0.39, 0.29) is 26.5 Å². The maximum atomic E-state index is 12.7. The van der Waals surface area contributed by atoms with Gasteiger partial charge < -0.3 is 5.11 Å². The van der Waals surface area contributed by atoms with Gasteiger partial charge >= 0.3 is 5.97 Å². The summed E-state index contributed by atoms with van der Waals surface area (Å²) in [5.41, 5.74) is -0.292. The van der Waals surface area contributed by atoms with E-state index in [9.17, 15) is 13.2 Å². The number of carbonyl (C=O) groups is 1. The molecule has 0 aromatic heterocycles. The molecule has 0 saturated carbocycles. The topological polar surface area (TPSA) is 74.7 Å². The maximum Gasteiger partial charge on any atom is 0.337 e. The Morgan fingerprint density at radius 2 is 1.86 bits per heavy atom. The fourth-order valence-electron chi connectivity index (χ4n) is 1.89. The third-order valence-electron chi connectivity index (χ3n) is 2.86. The van der Waals surface area contributed by atoms with Gasteiger partial charge in [-0.2, -0.15) is 4.31 Å². The summed E-state index contributed by atoms with van der Waals surface area (Å²) < 4.78 is 26.6. The molecule has 0 fully saturated rings. The SMILES string of the molecule is CCCN(C(C)C)S(=O)(=O)c1cc(C(=O)O)c(Cl)cc1Cl. The minimum absolute atomic E-state index is 0.0910. The van der Waals surface area contributed by atoms with Gasteiger partial charge in [0.25, 0.3) is 0 Å². The first-order valence-corrected chi connectivity index (χ1v) is 8.56. The predicted octanol–water partition coefficient (Wildman–Crippen LogP) is 3.50. The lowest BCUT2D eigenvalue weighted by atomic mass is 10.2. The number of rotatable bonds is 6. The van der Waals surface area contributed by atoms with Crippen molar-refractivity contribution in [3.8, 4) is 0 Å². The second kappa shape index (κ2) is 6.96. The zero-order valence-corrected chi connectivity index (χ0v) is 14.3. The van der Waals surface area contributed by atoms with E-state index in [1.807, 2.05) is 6.92 Å². The molecule has 0 spiro atoms. The molecule has 0 atom stereocenters. The third-order valence-corrected chi connectivity index (χ3v) is 5.71. The van der Waals surface area contributed by atoms with Crippen LogP contribution in [-0.4, -0.2) is 36.4 Å². The summed E-state index contributed by atoms with van der Waals surface area (Å²) in [5.74, 6) is -1.31. The van der Waals surface area contributed by atoms with Gasteiger partial charge in [-0.1, -0.05) is 30.1 Å². The standard InChI is InChI=1S/C13H17Cl2NO4S/c1-4-5-16(8(2)3)21(19,20)12-6-9(13(17)18)10(14)7-11(12)15/h6-8H,4-5H2,1-3H3,(H,17,18). The number of hydrogen-bond acceptors (Lipinski definition) is 3. The van der Waals surface area contributed by atoms with Crippen LogP contribution in [0.25, 0.3) is 0 Å². The Hall–Kier alpha value is -0.820. The van der Waals surface area contributed by atoms with Crippen LogP contribution >= 0.6 is 23.2 Å². The molecular formula is C13H17Cl2NO4S. The number of hydrogen-bond donors (Lipinski definition) is 1. The van der Waals surface area contributed by atoms with Crippen molar-refractivity contribution in [2.75, 3.05) is 6.54 Å². The molecule has 0 bridgehead atoms. The van der Waals surface area contributed by atoms with Crippen LogP contribution in [0.1, 0.15) is 37.6 Å². The van der Waals surface area contributed by atoms with Crippen LogP contribution in [0.4, 0.5) is 0 Å². The molecule has 118 valence electrons. The summed E-state index contributed by atoms with van der Waals surface area (Å²) in [4.78, 5) is 10.9. The molecule has 5 nitrogen and oxygen atoms in total. The van der Waals surface area contributed by atoms with E-state index in [0.717, 1.165) is 12.1 Å². The van der Waals surface area contributed by atoms with Crippen LogP contribution in [0.5, 0.6) is 0 Å². The van der Waals surface area contributed by atoms with Gasteiger partial charge in [-0.3, -0.25) is 0 Å². The zero-order chi connectivity index (χ0) is 16.4. The molecule has 0 amide bonds. The van der Waals surface area contributed by atoms with Gasteiger partial charge in [0, 0.05) is 12.6 Å². The number of nitrogens with zero attached hydrogens (tertiary/aromatic N) is 1. The van der Waals surface area contributed by atoms with E-state index in [2.05, 4.69) is 0 Å². The largest absolute Gasteiger partial charge is 0.478 e. The van der Waals surface area contributed by atoms with Crippen LogP contribution in [0.2, 0.25) is 10.0 Å². The fraction of sp³-hybridized carbons (Fsp3) is 0.462. The second-order valence-electron chi connectivity index (χ2n) is 4.78. The number of halogens is 2. The Morgan fingerprint density at radius 1 is 1.29 bits per heavy atom. The van der Waals surface area contributed by atoms with Gasteiger partial charge in [0.15, 0.2) is 0 Å². The highest BCUT2D eigenvalue weighted by molar-refractivity contribution is 7.89. The van der Waals surface area contributed by atoms with Crippen molar-refractivity contribution >= 4 is 39.2 Å². The lowest BCUT2D eigenvalue weighted by Crippen LogP contribution is -2.37. The van der Waals surface area contributed by atoms with Crippen LogP contribution in [0.15, 0.2) is 17.0 Å². The average molecular weight is 354 g/mol. The Labute approximate surface area is 134 Å². The number of aromatic carboxylic acids is 1. The average Bonchev–Trinajstić information content (AvgIpc) is 2.34. The number of carboxylic acids is 1. The van der Waals surface area contributed by atoms with E-state index in [1.54, 1.807) is 13.8 Å². The molecule has 0 aliphatic rings. The normalized spacial score (nSPS) is 12.1. The van der Waals surface area contributed by atoms with E-state index in [0.29, 0.717) is 13.0 Å². The minimum atomic E-state index is -3.89. The summed E-state index contributed by atoms with van der Waals surface area (Å²) in [6.45, 7) is 5.67. The van der Waals surface area contributed by atoms with Crippen molar-refractivity contribution in [1.29, 1.82) is 0 Å².